The highest BCUT2D eigenvalue weighted by molar-refractivity contribution is 6.31. The molecular weight excluding hydrogens is 290 g/mol. The summed E-state index contributed by atoms with van der Waals surface area (Å²) in [7, 11) is 1.98. The van der Waals surface area contributed by atoms with Crippen molar-refractivity contribution in [3.05, 3.63) is 23.2 Å². The minimum absolute atomic E-state index is 0.0760. The van der Waals surface area contributed by atoms with Crippen LogP contribution in [0.25, 0.3) is 0 Å². The van der Waals surface area contributed by atoms with Crippen LogP contribution in [0.4, 0.5) is 11.4 Å². The lowest BCUT2D eigenvalue weighted by atomic mass is 10.2. The van der Waals surface area contributed by atoms with E-state index in [-0.39, 0.29) is 12.0 Å². The minimum Gasteiger partial charge on any atom is -0.397 e. The predicted molar refractivity (Wildman–Crippen MR) is 87.5 cm³/mol. The molecule has 0 heterocycles. The van der Waals surface area contributed by atoms with Crippen molar-refractivity contribution in [3.63, 3.8) is 0 Å². The standard InChI is InChI=1S/C15H24ClN3O2/c1-11(20)7-9-19(2)8-3-4-15(21)18-14-10-12(16)5-6-13(14)17/h5-6,10-11,20H,3-4,7-9,17H2,1-2H3,(H,18,21). The van der Waals surface area contributed by atoms with E-state index in [1.165, 1.54) is 0 Å². The molecule has 0 fully saturated rings. The Bertz CT molecular complexity index is 466. The van der Waals surface area contributed by atoms with Gasteiger partial charge in [0, 0.05) is 18.0 Å². The lowest BCUT2D eigenvalue weighted by molar-refractivity contribution is -0.116. The van der Waals surface area contributed by atoms with E-state index in [9.17, 15) is 9.90 Å². The number of aliphatic hydroxyl groups is 1. The van der Waals surface area contributed by atoms with Gasteiger partial charge in [0.15, 0.2) is 0 Å². The molecule has 0 saturated heterocycles. The fraction of sp³-hybridized carbons (Fsp3) is 0.533. The van der Waals surface area contributed by atoms with Gasteiger partial charge in [-0.15, -0.1) is 0 Å². The summed E-state index contributed by atoms with van der Waals surface area (Å²) in [5.74, 6) is -0.0760. The monoisotopic (exact) mass is 313 g/mol. The number of nitrogen functional groups attached to an aromatic ring is 1. The molecule has 0 bridgehead atoms. The molecule has 1 aromatic carbocycles. The SMILES string of the molecule is CC(O)CCN(C)CCCC(=O)Nc1cc(Cl)ccc1N. The average Bonchev–Trinajstić information content (AvgIpc) is 2.40. The van der Waals surface area contributed by atoms with Crippen LogP contribution in [-0.4, -0.2) is 42.2 Å². The molecule has 4 N–H and O–H groups in total. The number of carbonyl (C=O) groups excluding carboxylic acids is 1. The van der Waals surface area contributed by atoms with Crippen LogP contribution in [0.3, 0.4) is 0 Å². The van der Waals surface area contributed by atoms with Crippen molar-refractivity contribution in [2.24, 2.45) is 0 Å². The van der Waals surface area contributed by atoms with Crippen LogP contribution in [0.2, 0.25) is 5.02 Å². The Hall–Kier alpha value is -1.30. The second kappa shape index (κ2) is 8.87. The van der Waals surface area contributed by atoms with E-state index in [0.29, 0.717) is 22.8 Å². The molecule has 6 heteroatoms. The number of benzene rings is 1. The molecule has 0 aliphatic carbocycles. The Balaban J connectivity index is 2.29. The van der Waals surface area contributed by atoms with Crippen LogP contribution in [0, 0.1) is 0 Å². The van der Waals surface area contributed by atoms with Crippen molar-refractivity contribution in [3.8, 4) is 0 Å². The van der Waals surface area contributed by atoms with Crippen LogP contribution in [-0.2, 0) is 4.79 Å². The van der Waals surface area contributed by atoms with Crippen molar-refractivity contribution in [1.82, 2.24) is 4.90 Å². The largest absolute Gasteiger partial charge is 0.397 e. The molecule has 0 radical (unpaired) electrons. The van der Waals surface area contributed by atoms with Crippen LogP contribution in [0.1, 0.15) is 26.2 Å². The van der Waals surface area contributed by atoms with E-state index in [2.05, 4.69) is 10.2 Å². The zero-order valence-electron chi connectivity index (χ0n) is 12.6. The summed E-state index contributed by atoms with van der Waals surface area (Å²) in [5, 5.41) is 12.5. The number of nitrogens with one attached hydrogen (secondary N) is 1. The molecule has 0 aliphatic heterocycles. The van der Waals surface area contributed by atoms with Gasteiger partial charge >= 0.3 is 0 Å². The number of hydrogen-bond donors (Lipinski definition) is 3. The number of nitrogens with zero attached hydrogens (tertiary/aromatic N) is 1. The van der Waals surface area contributed by atoms with Gasteiger partial charge in [-0.2, -0.15) is 0 Å². The molecule has 0 aliphatic rings. The maximum Gasteiger partial charge on any atom is 0.224 e. The molecule has 5 nitrogen and oxygen atoms in total. The third kappa shape index (κ3) is 7.32. The molecule has 0 aromatic heterocycles. The third-order valence-electron chi connectivity index (χ3n) is 3.16. The number of anilines is 2. The number of rotatable bonds is 8. The smallest absolute Gasteiger partial charge is 0.224 e. The molecule has 1 amide bonds. The first-order chi connectivity index (χ1) is 9.88. The molecule has 118 valence electrons. The van der Waals surface area contributed by atoms with E-state index < -0.39 is 0 Å². The molecule has 0 saturated carbocycles. The number of amides is 1. The van der Waals surface area contributed by atoms with Crippen LogP contribution >= 0.6 is 11.6 Å². The Morgan fingerprint density at radius 2 is 2.19 bits per heavy atom. The second-order valence-corrected chi connectivity index (χ2v) is 5.76. The topological polar surface area (TPSA) is 78.6 Å². The predicted octanol–water partition coefficient (Wildman–Crippen LogP) is 2.34. The Morgan fingerprint density at radius 3 is 2.86 bits per heavy atom. The fourth-order valence-corrected chi connectivity index (χ4v) is 2.05. The van der Waals surface area contributed by atoms with Gasteiger partial charge in [0.2, 0.25) is 5.91 Å². The molecule has 0 spiro atoms. The molecule has 1 aromatic rings. The first-order valence-electron chi connectivity index (χ1n) is 7.10. The normalized spacial score (nSPS) is 12.4. The van der Waals surface area contributed by atoms with E-state index in [1.54, 1.807) is 25.1 Å². The Morgan fingerprint density at radius 1 is 1.48 bits per heavy atom. The summed E-state index contributed by atoms with van der Waals surface area (Å²) in [6.07, 6.45) is 1.62. The zero-order valence-corrected chi connectivity index (χ0v) is 13.4. The third-order valence-corrected chi connectivity index (χ3v) is 3.40. The molecular formula is C15H24ClN3O2. The summed E-state index contributed by atoms with van der Waals surface area (Å²) in [4.78, 5) is 14.0. The van der Waals surface area contributed by atoms with Gasteiger partial charge in [0.05, 0.1) is 17.5 Å². The van der Waals surface area contributed by atoms with Crippen molar-refractivity contribution >= 4 is 28.9 Å². The van der Waals surface area contributed by atoms with Crippen molar-refractivity contribution in [1.29, 1.82) is 0 Å². The van der Waals surface area contributed by atoms with Gasteiger partial charge < -0.3 is 21.1 Å². The quantitative estimate of drug-likeness (QED) is 0.644. The van der Waals surface area contributed by atoms with Gasteiger partial charge in [-0.25, -0.2) is 0 Å². The van der Waals surface area contributed by atoms with Crippen molar-refractivity contribution in [2.45, 2.75) is 32.3 Å². The van der Waals surface area contributed by atoms with Crippen LogP contribution in [0.5, 0.6) is 0 Å². The number of carbonyl (C=O) groups is 1. The van der Waals surface area contributed by atoms with Crippen LogP contribution < -0.4 is 11.1 Å². The Labute approximate surface area is 131 Å². The highest BCUT2D eigenvalue weighted by Gasteiger charge is 2.07. The van der Waals surface area contributed by atoms with E-state index >= 15 is 0 Å². The van der Waals surface area contributed by atoms with Gasteiger partial charge in [-0.1, -0.05) is 11.6 Å². The van der Waals surface area contributed by atoms with Crippen molar-refractivity contribution < 1.29 is 9.90 Å². The van der Waals surface area contributed by atoms with Crippen LogP contribution in [0.15, 0.2) is 18.2 Å². The lowest BCUT2D eigenvalue weighted by Gasteiger charge is -2.17. The highest BCUT2D eigenvalue weighted by Crippen LogP contribution is 2.23. The zero-order chi connectivity index (χ0) is 15.8. The summed E-state index contributed by atoms with van der Waals surface area (Å²) >= 11 is 5.87. The highest BCUT2D eigenvalue weighted by atomic mass is 35.5. The van der Waals surface area contributed by atoms with E-state index in [1.807, 2.05) is 7.05 Å². The number of hydrogen-bond acceptors (Lipinski definition) is 4. The van der Waals surface area contributed by atoms with Gasteiger partial charge in [-0.05, 0) is 51.6 Å². The first-order valence-corrected chi connectivity index (χ1v) is 7.47. The molecule has 1 atom stereocenters. The molecule has 21 heavy (non-hydrogen) atoms. The van der Waals surface area contributed by atoms with Gasteiger partial charge in [0.25, 0.3) is 0 Å². The number of halogens is 1. The van der Waals surface area contributed by atoms with Gasteiger partial charge in [0.1, 0.15) is 0 Å². The van der Waals surface area contributed by atoms with Gasteiger partial charge in [-0.3, -0.25) is 4.79 Å². The maximum atomic E-state index is 11.9. The second-order valence-electron chi connectivity index (χ2n) is 5.32. The maximum absolute atomic E-state index is 11.9. The summed E-state index contributed by atoms with van der Waals surface area (Å²) in [5.41, 5.74) is 6.83. The Kier molecular flexibility index (Phi) is 7.50. The summed E-state index contributed by atoms with van der Waals surface area (Å²) in [6, 6.07) is 5.00. The lowest BCUT2D eigenvalue weighted by Crippen LogP contribution is -2.24. The molecule has 1 rings (SSSR count). The average molecular weight is 314 g/mol. The first kappa shape index (κ1) is 17.8. The fourth-order valence-electron chi connectivity index (χ4n) is 1.88. The van der Waals surface area contributed by atoms with Crippen molar-refractivity contribution in [2.75, 3.05) is 31.2 Å². The summed E-state index contributed by atoms with van der Waals surface area (Å²) in [6.45, 7) is 3.41. The minimum atomic E-state index is -0.290. The van der Waals surface area contributed by atoms with E-state index in [0.717, 1.165) is 25.9 Å². The molecule has 1 unspecified atom stereocenters. The number of aliphatic hydroxyl groups excluding tert-OH is 1. The van der Waals surface area contributed by atoms with E-state index in [4.69, 9.17) is 17.3 Å². The number of nitrogens with two attached hydrogens (primary N) is 1. The summed E-state index contributed by atoms with van der Waals surface area (Å²) < 4.78 is 0.